The van der Waals surface area contributed by atoms with Crippen LogP contribution in [-0.2, 0) is 4.79 Å². The molecule has 0 aromatic carbocycles. The maximum Gasteiger partial charge on any atom is 0.217 e. The van der Waals surface area contributed by atoms with Crippen LogP contribution in [0.3, 0.4) is 0 Å². The average Bonchev–Trinajstić information content (AvgIpc) is 2.52. The molecule has 1 saturated carbocycles. The zero-order chi connectivity index (χ0) is 10.9. The van der Waals surface area contributed by atoms with Gasteiger partial charge in [-0.25, -0.2) is 0 Å². The molecule has 1 aliphatic heterocycles. The molecule has 1 atom stereocenters. The summed E-state index contributed by atoms with van der Waals surface area (Å²) >= 11 is 2.06. The highest BCUT2D eigenvalue weighted by Crippen LogP contribution is 2.47. The van der Waals surface area contributed by atoms with Crippen LogP contribution in [0.15, 0.2) is 0 Å². The minimum absolute atomic E-state index is 0.103. The number of carbonyl (C=O) groups excluding carboxylic acids is 1. The van der Waals surface area contributed by atoms with Crippen LogP contribution in [-0.4, -0.2) is 28.5 Å². The molecule has 0 aromatic heterocycles. The SMILES string of the molecule is CC(=O)NC1CCC2(CC1)CC(N)CS2. The van der Waals surface area contributed by atoms with Crippen LogP contribution in [0.1, 0.15) is 39.0 Å². The summed E-state index contributed by atoms with van der Waals surface area (Å²) in [6.07, 6.45) is 5.86. The Morgan fingerprint density at radius 3 is 2.60 bits per heavy atom. The number of nitrogens with one attached hydrogen (secondary N) is 1. The van der Waals surface area contributed by atoms with E-state index < -0.39 is 0 Å². The second-order valence-electron chi connectivity index (χ2n) is 4.93. The van der Waals surface area contributed by atoms with Crippen molar-refractivity contribution in [3.63, 3.8) is 0 Å². The summed E-state index contributed by atoms with van der Waals surface area (Å²) in [7, 11) is 0. The van der Waals surface area contributed by atoms with Crippen molar-refractivity contribution in [3.05, 3.63) is 0 Å². The number of hydrogen-bond donors (Lipinski definition) is 2. The Morgan fingerprint density at radius 1 is 1.47 bits per heavy atom. The fraction of sp³-hybridized carbons (Fsp3) is 0.909. The number of carbonyl (C=O) groups is 1. The van der Waals surface area contributed by atoms with Crippen LogP contribution in [0.2, 0.25) is 0 Å². The van der Waals surface area contributed by atoms with Gasteiger partial charge >= 0.3 is 0 Å². The van der Waals surface area contributed by atoms with Crippen molar-refractivity contribution in [2.24, 2.45) is 5.73 Å². The molecule has 1 aliphatic carbocycles. The van der Waals surface area contributed by atoms with E-state index in [1.165, 1.54) is 19.3 Å². The molecule has 1 spiro atoms. The highest BCUT2D eigenvalue weighted by molar-refractivity contribution is 8.01. The summed E-state index contributed by atoms with van der Waals surface area (Å²) in [5.74, 6) is 1.22. The molecule has 0 bridgehead atoms. The summed E-state index contributed by atoms with van der Waals surface area (Å²) in [5.41, 5.74) is 5.97. The standard InChI is InChI=1S/C11H20N2OS/c1-8(14)13-10-2-4-11(5-3-10)6-9(12)7-15-11/h9-10H,2-7,12H2,1H3,(H,13,14). The molecular weight excluding hydrogens is 208 g/mol. The third-order valence-electron chi connectivity index (χ3n) is 3.54. The van der Waals surface area contributed by atoms with E-state index in [0.29, 0.717) is 16.8 Å². The predicted octanol–water partition coefficient (Wildman–Crippen LogP) is 1.27. The number of amides is 1. The molecule has 1 unspecified atom stereocenters. The summed E-state index contributed by atoms with van der Waals surface area (Å²) in [6.45, 7) is 1.60. The van der Waals surface area contributed by atoms with Crippen LogP contribution in [0.25, 0.3) is 0 Å². The smallest absolute Gasteiger partial charge is 0.217 e. The molecule has 1 saturated heterocycles. The van der Waals surface area contributed by atoms with Gasteiger partial charge in [-0.1, -0.05) is 0 Å². The lowest BCUT2D eigenvalue weighted by Crippen LogP contribution is -2.41. The first kappa shape index (κ1) is 11.3. The van der Waals surface area contributed by atoms with Crippen LogP contribution < -0.4 is 11.1 Å². The lowest BCUT2D eigenvalue weighted by Gasteiger charge is -2.36. The van der Waals surface area contributed by atoms with Gasteiger partial charge in [0.05, 0.1) is 0 Å². The number of thioether (sulfide) groups is 1. The second kappa shape index (κ2) is 4.34. The zero-order valence-electron chi connectivity index (χ0n) is 9.29. The van der Waals surface area contributed by atoms with Gasteiger partial charge in [-0.2, -0.15) is 11.8 Å². The molecule has 0 aromatic rings. The van der Waals surface area contributed by atoms with E-state index in [0.717, 1.165) is 18.6 Å². The van der Waals surface area contributed by atoms with Crippen molar-refractivity contribution in [1.82, 2.24) is 5.32 Å². The van der Waals surface area contributed by atoms with Crippen molar-refractivity contribution in [2.75, 3.05) is 5.75 Å². The van der Waals surface area contributed by atoms with Gasteiger partial charge < -0.3 is 11.1 Å². The van der Waals surface area contributed by atoms with Crippen molar-refractivity contribution in [3.8, 4) is 0 Å². The monoisotopic (exact) mass is 228 g/mol. The maximum atomic E-state index is 10.9. The van der Waals surface area contributed by atoms with Gasteiger partial charge in [0.15, 0.2) is 0 Å². The molecule has 3 N–H and O–H groups in total. The van der Waals surface area contributed by atoms with Crippen LogP contribution >= 0.6 is 11.8 Å². The average molecular weight is 228 g/mol. The topological polar surface area (TPSA) is 55.1 Å². The summed E-state index contributed by atoms with van der Waals surface area (Å²) in [4.78, 5) is 10.9. The van der Waals surface area contributed by atoms with Crippen molar-refractivity contribution < 1.29 is 4.79 Å². The molecule has 1 heterocycles. The largest absolute Gasteiger partial charge is 0.354 e. The Kier molecular flexibility index (Phi) is 3.26. The van der Waals surface area contributed by atoms with E-state index in [2.05, 4.69) is 17.1 Å². The first-order chi connectivity index (χ1) is 7.10. The van der Waals surface area contributed by atoms with Crippen molar-refractivity contribution >= 4 is 17.7 Å². The summed E-state index contributed by atoms with van der Waals surface area (Å²) in [6, 6.07) is 0.804. The first-order valence-electron chi connectivity index (χ1n) is 5.76. The van der Waals surface area contributed by atoms with E-state index in [1.54, 1.807) is 6.92 Å². The Balaban J connectivity index is 1.84. The lowest BCUT2D eigenvalue weighted by molar-refractivity contribution is -0.119. The van der Waals surface area contributed by atoms with E-state index in [4.69, 9.17) is 5.73 Å². The third-order valence-corrected chi connectivity index (χ3v) is 5.32. The predicted molar refractivity (Wildman–Crippen MR) is 63.9 cm³/mol. The number of nitrogens with two attached hydrogens (primary N) is 1. The van der Waals surface area contributed by atoms with Crippen molar-refractivity contribution in [2.45, 2.75) is 55.9 Å². The fourth-order valence-corrected chi connectivity index (χ4v) is 4.35. The van der Waals surface area contributed by atoms with Gasteiger partial charge in [0.1, 0.15) is 0 Å². The van der Waals surface area contributed by atoms with E-state index in [1.807, 2.05) is 0 Å². The molecule has 2 rings (SSSR count). The summed E-state index contributed by atoms with van der Waals surface area (Å²) < 4.78 is 0.453. The van der Waals surface area contributed by atoms with Gasteiger partial charge in [0.25, 0.3) is 0 Å². The Labute approximate surface area is 95.6 Å². The van der Waals surface area contributed by atoms with Crippen LogP contribution in [0, 0.1) is 0 Å². The Bertz CT molecular complexity index is 249. The number of hydrogen-bond acceptors (Lipinski definition) is 3. The Hall–Kier alpha value is -0.220. The van der Waals surface area contributed by atoms with E-state index in [-0.39, 0.29) is 5.91 Å². The molecule has 86 valence electrons. The van der Waals surface area contributed by atoms with E-state index >= 15 is 0 Å². The lowest BCUT2D eigenvalue weighted by atomic mass is 9.82. The molecule has 4 heteroatoms. The zero-order valence-corrected chi connectivity index (χ0v) is 10.1. The first-order valence-corrected chi connectivity index (χ1v) is 6.75. The molecule has 2 aliphatic rings. The van der Waals surface area contributed by atoms with Crippen LogP contribution in [0.5, 0.6) is 0 Å². The number of rotatable bonds is 1. The minimum Gasteiger partial charge on any atom is -0.354 e. The molecular formula is C11H20N2OS. The second-order valence-corrected chi connectivity index (χ2v) is 6.42. The third kappa shape index (κ3) is 2.67. The highest BCUT2D eigenvalue weighted by atomic mass is 32.2. The molecule has 3 nitrogen and oxygen atoms in total. The molecule has 15 heavy (non-hydrogen) atoms. The Morgan fingerprint density at radius 2 is 2.13 bits per heavy atom. The minimum atomic E-state index is 0.103. The van der Waals surface area contributed by atoms with Gasteiger partial charge in [-0.15, -0.1) is 0 Å². The van der Waals surface area contributed by atoms with Gasteiger partial charge in [-0.3, -0.25) is 4.79 Å². The highest BCUT2D eigenvalue weighted by Gasteiger charge is 2.41. The maximum absolute atomic E-state index is 10.9. The molecule has 2 fully saturated rings. The normalized spacial score (nSPS) is 40.7. The quantitative estimate of drug-likeness (QED) is 0.710. The summed E-state index contributed by atoms with van der Waals surface area (Å²) in [5, 5.41) is 3.02. The van der Waals surface area contributed by atoms with Gasteiger partial charge in [0, 0.05) is 29.5 Å². The van der Waals surface area contributed by atoms with Gasteiger partial charge in [-0.05, 0) is 32.1 Å². The fourth-order valence-electron chi connectivity index (χ4n) is 2.80. The van der Waals surface area contributed by atoms with Crippen molar-refractivity contribution in [1.29, 1.82) is 0 Å². The molecule has 1 amide bonds. The molecule has 0 radical (unpaired) electrons. The van der Waals surface area contributed by atoms with E-state index in [9.17, 15) is 4.79 Å². The van der Waals surface area contributed by atoms with Crippen LogP contribution in [0.4, 0.5) is 0 Å². The van der Waals surface area contributed by atoms with Gasteiger partial charge in [0.2, 0.25) is 5.91 Å².